The van der Waals surface area contributed by atoms with Gasteiger partial charge < -0.3 is 14.8 Å². The van der Waals surface area contributed by atoms with Crippen molar-refractivity contribution in [1.29, 1.82) is 0 Å². The predicted molar refractivity (Wildman–Crippen MR) is 84.4 cm³/mol. The maximum Gasteiger partial charge on any atom is 0.346 e. The maximum absolute atomic E-state index is 12.0. The molecule has 7 heteroatoms. The van der Waals surface area contributed by atoms with Crippen molar-refractivity contribution < 1.29 is 19.1 Å². The third kappa shape index (κ3) is 3.19. The average Bonchev–Trinajstić information content (AvgIpc) is 2.83. The van der Waals surface area contributed by atoms with E-state index in [1.165, 1.54) is 14.2 Å². The predicted octanol–water partition coefficient (Wildman–Crippen LogP) is 1.95. The summed E-state index contributed by atoms with van der Waals surface area (Å²) in [6.45, 7) is 0. The summed E-state index contributed by atoms with van der Waals surface area (Å²) >= 11 is 3.28. The third-order valence-electron chi connectivity index (χ3n) is 2.90. The summed E-state index contributed by atoms with van der Waals surface area (Å²) in [4.78, 5) is 24.9. The van der Waals surface area contributed by atoms with Crippen LogP contribution < -0.4 is 5.32 Å². The molecule has 0 aromatic heterocycles. The van der Waals surface area contributed by atoms with Crippen LogP contribution in [0.5, 0.6) is 0 Å². The highest BCUT2D eigenvalue weighted by Gasteiger charge is 2.31. The number of nitrogens with one attached hydrogen (secondary N) is 1. The molecule has 0 bridgehead atoms. The fraction of sp³-hybridized carbons (Fsp3) is 0.286. The highest BCUT2D eigenvalue weighted by molar-refractivity contribution is 8.18. The molecular weight excluding hydrogens is 310 g/mol. The molecular formula is C14H15NO4S2. The molecule has 1 unspecified atom stereocenters. The van der Waals surface area contributed by atoms with Gasteiger partial charge in [0.05, 0.1) is 19.9 Å². The van der Waals surface area contributed by atoms with Gasteiger partial charge in [-0.3, -0.25) is 0 Å². The van der Waals surface area contributed by atoms with E-state index in [9.17, 15) is 9.59 Å². The number of hydrogen-bond acceptors (Lipinski definition) is 7. The Morgan fingerprint density at radius 3 is 2.38 bits per heavy atom. The van der Waals surface area contributed by atoms with Crippen LogP contribution in [0.1, 0.15) is 0 Å². The summed E-state index contributed by atoms with van der Waals surface area (Å²) in [6, 6.07) is 0. The lowest BCUT2D eigenvalue weighted by atomic mass is 10.0. The summed E-state index contributed by atoms with van der Waals surface area (Å²) in [5.74, 6) is -1.43. The lowest BCUT2D eigenvalue weighted by molar-refractivity contribution is -0.144. The Bertz CT molecular complexity index is 572. The molecule has 21 heavy (non-hydrogen) atoms. The third-order valence-corrected chi connectivity index (χ3v) is 5.23. The fourth-order valence-corrected chi connectivity index (χ4v) is 3.71. The Morgan fingerprint density at radius 1 is 1.19 bits per heavy atom. The standard InChI is InChI=1S/C14H15NO4S2/c1-18-12(16)10(13(17)19-2)8-6-4-5-7-9-11(8)15-14(20-3)21-9/h4-7,14-15H,1-3H3. The molecule has 2 aliphatic rings. The molecule has 0 saturated carbocycles. The Balaban J connectivity index is 2.56. The molecule has 0 spiro atoms. The molecule has 0 amide bonds. The van der Waals surface area contributed by atoms with Crippen molar-refractivity contribution in [3.8, 4) is 0 Å². The molecule has 0 radical (unpaired) electrons. The van der Waals surface area contributed by atoms with E-state index in [0.29, 0.717) is 5.57 Å². The number of esters is 2. The Morgan fingerprint density at radius 2 is 1.81 bits per heavy atom. The van der Waals surface area contributed by atoms with E-state index in [-0.39, 0.29) is 10.3 Å². The number of ether oxygens (including phenoxy) is 2. The number of carbonyl (C=O) groups excluding carboxylic acids is 2. The second kappa shape index (κ2) is 6.91. The normalized spacial score (nSPS) is 19.8. The minimum atomic E-state index is -0.713. The molecule has 5 nitrogen and oxygen atoms in total. The summed E-state index contributed by atoms with van der Waals surface area (Å²) in [5.41, 5.74) is 1.12. The van der Waals surface area contributed by atoms with E-state index < -0.39 is 11.9 Å². The van der Waals surface area contributed by atoms with Gasteiger partial charge in [-0.25, -0.2) is 9.59 Å². The molecule has 1 N–H and O–H groups in total. The van der Waals surface area contributed by atoms with E-state index in [1.807, 2.05) is 18.4 Å². The van der Waals surface area contributed by atoms with Crippen LogP contribution in [0, 0.1) is 0 Å². The molecule has 0 saturated heterocycles. The second-order valence-electron chi connectivity index (χ2n) is 4.06. The van der Waals surface area contributed by atoms with Crippen LogP contribution in [0.2, 0.25) is 0 Å². The van der Waals surface area contributed by atoms with Crippen LogP contribution >= 0.6 is 23.5 Å². The number of methoxy groups -OCH3 is 2. The smallest absolute Gasteiger partial charge is 0.346 e. The molecule has 0 fully saturated rings. The van der Waals surface area contributed by atoms with Gasteiger partial charge in [0.15, 0.2) is 5.57 Å². The summed E-state index contributed by atoms with van der Waals surface area (Å²) in [6.07, 6.45) is 9.28. The zero-order chi connectivity index (χ0) is 15.4. The first kappa shape index (κ1) is 15.8. The maximum atomic E-state index is 12.0. The number of rotatable bonds is 3. The zero-order valence-electron chi connectivity index (χ0n) is 11.8. The van der Waals surface area contributed by atoms with Gasteiger partial charge in [-0.2, -0.15) is 0 Å². The molecule has 1 aliphatic heterocycles. The van der Waals surface area contributed by atoms with Crippen molar-refractivity contribution in [2.75, 3.05) is 20.5 Å². The van der Waals surface area contributed by atoms with Crippen LogP contribution in [0.15, 0.2) is 46.1 Å². The summed E-state index contributed by atoms with van der Waals surface area (Å²) < 4.78 is 9.57. The van der Waals surface area contributed by atoms with E-state index in [2.05, 4.69) is 5.32 Å². The van der Waals surface area contributed by atoms with Crippen molar-refractivity contribution in [2.45, 2.75) is 4.71 Å². The van der Waals surface area contributed by atoms with E-state index >= 15 is 0 Å². The van der Waals surface area contributed by atoms with Crippen LogP contribution in [-0.2, 0) is 19.1 Å². The van der Waals surface area contributed by atoms with Crippen LogP contribution in [0.3, 0.4) is 0 Å². The Labute approximate surface area is 131 Å². The first-order chi connectivity index (χ1) is 10.1. The number of carbonyl (C=O) groups is 2. The van der Waals surface area contributed by atoms with Crippen molar-refractivity contribution >= 4 is 35.5 Å². The van der Waals surface area contributed by atoms with Gasteiger partial charge in [0.25, 0.3) is 0 Å². The lowest BCUT2D eigenvalue weighted by Crippen LogP contribution is -2.23. The van der Waals surface area contributed by atoms with Gasteiger partial charge in [0.1, 0.15) is 4.71 Å². The Hall–Kier alpha value is -1.60. The molecule has 0 aromatic rings. The van der Waals surface area contributed by atoms with E-state index in [0.717, 1.165) is 10.6 Å². The first-order valence-corrected chi connectivity index (χ1v) is 8.25. The highest BCUT2D eigenvalue weighted by Crippen LogP contribution is 2.40. The Kier molecular flexibility index (Phi) is 5.19. The minimum Gasteiger partial charge on any atom is -0.465 e. The lowest BCUT2D eigenvalue weighted by Gasteiger charge is -2.13. The molecule has 112 valence electrons. The van der Waals surface area contributed by atoms with Crippen molar-refractivity contribution in [3.05, 3.63) is 46.1 Å². The fourth-order valence-electron chi connectivity index (χ4n) is 1.93. The summed E-state index contributed by atoms with van der Waals surface area (Å²) in [5, 5.41) is 3.30. The van der Waals surface area contributed by atoms with Gasteiger partial charge in [-0.05, 0) is 12.3 Å². The quantitative estimate of drug-likeness (QED) is 0.368. The molecule has 1 heterocycles. The second-order valence-corrected chi connectivity index (χ2v) is 6.45. The van der Waals surface area contributed by atoms with Crippen LogP contribution in [0.4, 0.5) is 0 Å². The van der Waals surface area contributed by atoms with Gasteiger partial charge in [-0.15, -0.1) is 11.8 Å². The van der Waals surface area contributed by atoms with Crippen molar-refractivity contribution in [2.24, 2.45) is 0 Å². The van der Waals surface area contributed by atoms with Gasteiger partial charge in [0, 0.05) is 10.5 Å². The first-order valence-electron chi connectivity index (χ1n) is 6.08. The van der Waals surface area contributed by atoms with E-state index in [1.54, 1.807) is 35.7 Å². The zero-order valence-corrected chi connectivity index (χ0v) is 13.5. The highest BCUT2D eigenvalue weighted by atomic mass is 32.2. The van der Waals surface area contributed by atoms with E-state index in [4.69, 9.17) is 9.47 Å². The van der Waals surface area contributed by atoms with Gasteiger partial charge in [0.2, 0.25) is 0 Å². The van der Waals surface area contributed by atoms with Gasteiger partial charge in [-0.1, -0.05) is 30.0 Å². The van der Waals surface area contributed by atoms with Crippen molar-refractivity contribution in [3.63, 3.8) is 0 Å². The largest absolute Gasteiger partial charge is 0.465 e. The molecule has 1 atom stereocenters. The SMILES string of the molecule is COC(=O)C(C(=O)OC)=C1C=CC=CC2=C1NC(SC)S2. The minimum absolute atomic E-state index is 0.109. The number of allylic oxidation sites excluding steroid dienone is 4. The number of hydrogen-bond donors (Lipinski definition) is 1. The monoisotopic (exact) mass is 325 g/mol. The molecule has 0 aromatic carbocycles. The van der Waals surface area contributed by atoms with Gasteiger partial charge >= 0.3 is 11.9 Å². The molecule has 2 rings (SSSR count). The number of thioether (sulfide) groups is 2. The molecule has 1 aliphatic carbocycles. The average molecular weight is 325 g/mol. The summed E-state index contributed by atoms with van der Waals surface area (Å²) in [7, 11) is 2.47. The van der Waals surface area contributed by atoms with Crippen LogP contribution in [0.25, 0.3) is 0 Å². The van der Waals surface area contributed by atoms with Crippen LogP contribution in [-0.4, -0.2) is 37.1 Å². The topological polar surface area (TPSA) is 64.6 Å². The van der Waals surface area contributed by atoms with Crippen molar-refractivity contribution in [1.82, 2.24) is 5.32 Å².